The summed E-state index contributed by atoms with van der Waals surface area (Å²) in [4.78, 5) is 18.7. The Balaban J connectivity index is 1.28. The van der Waals surface area contributed by atoms with Crippen LogP contribution in [0.25, 0.3) is 28.3 Å². The first-order chi connectivity index (χ1) is 18.0. The van der Waals surface area contributed by atoms with Gasteiger partial charge in [0.1, 0.15) is 11.5 Å². The highest BCUT2D eigenvalue weighted by atomic mass is 19.1. The van der Waals surface area contributed by atoms with E-state index in [0.717, 1.165) is 78.5 Å². The van der Waals surface area contributed by atoms with E-state index in [1.807, 2.05) is 6.07 Å². The van der Waals surface area contributed by atoms with Crippen molar-refractivity contribution < 1.29 is 9.50 Å². The van der Waals surface area contributed by atoms with Gasteiger partial charge >= 0.3 is 0 Å². The lowest BCUT2D eigenvalue weighted by molar-refractivity contribution is 0.144. The number of piperidine rings is 1. The quantitative estimate of drug-likeness (QED) is 0.366. The largest absolute Gasteiger partial charge is 0.390 e. The first-order valence-electron chi connectivity index (χ1n) is 12.9. The number of nitrogens with zero attached hydrogens (tertiary/aromatic N) is 6. The van der Waals surface area contributed by atoms with Gasteiger partial charge in [0, 0.05) is 46.6 Å². The number of halogens is 1. The lowest BCUT2D eigenvalue weighted by Crippen LogP contribution is -2.42. The molecule has 2 unspecified atom stereocenters. The van der Waals surface area contributed by atoms with Crippen molar-refractivity contribution in [2.75, 3.05) is 12.3 Å². The van der Waals surface area contributed by atoms with E-state index in [1.54, 1.807) is 23.0 Å². The number of nitrogens with two attached hydrogens (primary N) is 1. The molecule has 190 valence electrons. The van der Waals surface area contributed by atoms with Crippen molar-refractivity contribution in [3.8, 4) is 22.6 Å². The molecule has 0 radical (unpaired) electrons. The van der Waals surface area contributed by atoms with Crippen molar-refractivity contribution in [2.24, 2.45) is 0 Å². The molecule has 1 aliphatic carbocycles. The summed E-state index contributed by atoms with van der Waals surface area (Å²) in [5.74, 6) is 1.31. The summed E-state index contributed by atoms with van der Waals surface area (Å²) >= 11 is 0. The predicted molar refractivity (Wildman–Crippen MR) is 137 cm³/mol. The Bertz CT molecular complexity index is 1490. The summed E-state index contributed by atoms with van der Waals surface area (Å²) in [6.07, 6.45) is 11.1. The highest BCUT2D eigenvalue weighted by Gasteiger charge is 2.44. The molecule has 1 saturated carbocycles. The van der Waals surface area contributed by atoms with Crippen LogP contribution in [0.5, 0.6) is 0 Å². The van der Waals surface area contributed by atoms with E-state index in [9.17, 15) is 9.50 Å². The van der Waals surface area contributed by atoms with Crippen LogP contribution in [0.1, 0.15) is 61.6 Å². The van der Waals surface area contributed by atoms with Crippen LogP contribution in [0, 0.1) is 5.95 Å². The van der Waals surface area contributed by atoms with Crippen molar-refractivity contribution in [1.82, 2.24) is 34.4 Å². The number of nitrogen functional groups attached to an aromatic ring is 1. The molecule has 0 spiro atoms. The van der Waals surface area contributed by atoms with Gasteiger partial charge in [-0.1, -0.05) is 12.6 Å². The number of aliphatic hydroxyl groups is 1. The highest BCUT2D eigenvalue weighted by molar-refractivity contribution is 5.79. The molecule has 4 aromatic rings. The molecule has 3 aliphatic rings. The number of nitrogens with one attached hydrogen (secondary N) is 1. The number of hydrogen-bond donors (Lipinski definition) is 3. The summed E-state index contributed by atoms with van der Waals surface area (Å²) in [5.41, 5.74) is 12.9. The second-order valence-corrected chi connectivity index (χ2v) is 10.6. The number of H-pyrrole nitrogens is 1. The van der Waals surface area contributed by atoms with Crippen LogP contribution in [0.4, 0.5) is 10.2 Å². The van der Waals surface area contributed by atoms with E-state index >= 15 is 0 Å². The van der Waals surface area contributed by atoms with Crippen molar-refractivity contribution in [3.63, 3.8) is 0 Å². The number of aliphatic hydroxyl groups excluding tert-OH is 1. The molecule has 4 aromatic heterocycles. The molecule has 3 atom stereocenters. The monoisotopic (exact) mass is 500 g/mol. The molecular formula is C27H29FN8O. The average Bonchev–Trinajstić information content (AvgIpc) is 3.40. The van der Waals surface area contributed by atoms with E-state index in [0.29, 0.717) is 41.3 Å². The minimum absolute atomic E-state index is 0.00300. The number of fused-ring (bicyclic) bond motifs is 3. The van der Waals surface area contributed by atoms with E-state index in [1.165, 1.54) is 0 Å². The maximum atomic E-state index is 13.3. The predicted octanol–water partition coefficient (Wildman–Crippen LogP) is 4.00. The Morgan fingerprint density at radius 1 is 1.08 bits per heavy atom. The normalized spacial score (nSPS) is 23.2. The molecule has 10 heteroatoms. The summed E-state index contributed by atoms with van der Waals surface area (Å²) in [5, 5.41) is 14.3. The number of anilines is 1. The smallest absolute Gasteiger partial charge is 0.211 e. The molecule has 6 heterocycles. The van der Waals surface area contributed by atoms with Crippen LogP contribution >= 0.6 is 0 Å². The minimum Gasteiger partial charge on any atom is -0.390 e. The Morgan fingerprint density at radius 3 is 2.49 bits per heavy atom. The van der Waals surface area contributed by atoms with Crippen molar-refractivity contribution in [3.05, 3.63) is 60.2 Å². The van der Waals surface area contributed by atoms with Gasteiger partial charge in [0.2, 0.25) is 5.95 Å². The first kappa shape index (κ1) is 22.4. The van der Waals surface area contributed by atoms with Gasteiger partial charge in [0.25, 0.3) is 0 Å². The summed E-state index contributed by atoms with van der Waals surface area (Å²) < 4.78 is 15.1. The lowest BCUT2D eigenvalue weighted by atomic mass is 9.84. The molecule has 2 saturated heterocycles. The SMILES string of the molecule is C=C(CO)N1C2CC[C@H]1CC(c1nc3c(-c4ccc(-c5ncc(F)[nH]5)nc4)cnn3c(N)c1C1CC1)C2. The third-order valence-electron chi connectivity index (χ3n) is 8.27. The maximum absolute atomic E-state index is 13.3. The maximum Gasteiger partial charge on any atom is 0.211 e. The van der Waals surface area contributed by atoms with E-state index in [4.69, 9.17) is 10.7 Å². The number of aromatic amines is 1. The van der Waals surface area contributed by atoms with Crippen molar-refractivity contribution in [2.45, 2.75) is 62.4 Å². The number of imidazole rings is 1. The van der Waals surface area contributed by atoms with Crippen LogP contribution in [0.2, 0.25) is 0 Å². The Hall–Kier alpha value is -3.79. The molecule has 2 bridgehead atoms. The number of hydrogen-bond acceptors (Lipinski definition) is 7. The van der Waals surface area contributed by atoms with Crippen molar-refractivity contribution >= 4 is 11.5 Å². The summed E-state index contributed by atoms with van der Waals surface area (Å²) in [6, 6.07) is 4.48. The van der Waals surface area contributed by atoms with Gasteiger partial charge in [-0.25, -0.2) is 9.97 Å². The second-order valence-electron chi connectivity index (χ2n) is 10.6. The average molecular weight is 501 g/mol. The van der Waals surface area contributed by atoms with Crippen LogP contribution < -0.4 is 5.73 Å². The van der Waals surface area contributed by atoms with Crippen LogP contribution in [0.15, 0.2) is 43.0 Å². The fourth-order valence-corrected chi connectivity index (χ4v) is 6.47. The molecular weight excluding hydrogens is 471 g/mol. The standard InChI is InChI=1S/C27H29FN8O/c1-14(13-37)35-18-5-6-19(35)9-17(8-18)24-23(15-2-3-15)25(29)36-27(34-24)20(11-32-36)16-4-7-21(30-10-16)26-31-12-22(28)33-26/h4,7,10-12,15,17-19,37H,1-3,5-6,8-9,13,29H2,(H,31,33)/t17?,18-,19?/m0/s1. The van der Waals surface area contributed by atoms with E-state index in [2.05, 4.69) is 31.5 Å². The molecule has 9 nitrogen and oxygen atoms in total. The molecule has 7 rings (SSSR count). The fraction of sp³-hybridized carbons (Fsp3) is 0.407. The summed E-state index contributed by atoms with van der Waals surface area (Å²) in [6.45, 7) is 4.11. The van der Waals surface area contributed by atoms with Crippen LogP contribution in [-0.4, -0.2) is 58.2 Å². The van der Waals surface area contributed by atoms with Gasteiger partial charge in [0.15, 0.2) is 11.5 Å². The van der Waals surface area contributed by atoms with Gasteiger partial charge in [-0.15, -0.1) is 0 Å². The molecule has 4 N–H and O–H groups in total. The van der Waals surface area contributed by atoms with Gasteiger partial charge < -0.3 is 20.7 Å². The Kier molecular flexibility index (Phi) is 5.07. The van der Waals surface area contributed by atoms with Gasteiger partial charge in [-0.05, 0) is 50.5 Å². The molecule has 2 aliphatic heterocycles. The molecule has 37 heavy (non-hydrogen) atoms. The number of rotatable bonds is 6. The lowest BCUT2D eigenvalue weighted by Gasteiger charge is -2.41. The topological polar surface area (TPSA) is 121 Å². The van der Waals surface area contributed by atoms with Crippen LogP contribution in [-0.2, 0) is 0 Å². The van der Waals surface area contributed by atoms with Gasteiger partial charge in [-0.2, -0.15) is 14.0 Å². The molecule has 0 aromatic carbocycles. The fourth-order valence-electron chi connectivity index (χ4n) is 6.47. The number of pyridine rings is 1. The van der Waals surface area contributed by atoms with Crippen molar-refractivity contribution in [1.29, 1.82) is 0 Å². The van der Waals surface area contributed by atoms with Crippen LogP contribution in [0.3, 0.4) is 0 Å². The van der Waals surface area contributed by atoms with Gasteiger partial charge in [-0.3, -0.25) is 4.98 Å². The second kappa shape index (κ2) is 8.37. The Labute approximate surface area is 213 Å². The minimum atomic E-state index is -0.498. The van der Waals surface area contributed by atoms with E-state index in [-0.39, 0.29) is 6.61 Å². The Morgan fingerprint density at radius 2 is 1.86 bits per heavy atom. The zero-order valence-electron chi connectivity index (χ0n) is 20.4. The number of aromatic nitrogens is 6. The highest BCUT2D eigenvalue weighted by Crippen LogP contribution is 2.50. The van der Waals surface area contributed by atoms with E-state index < -0.39 is 5.95 Å². The first-order valence-corrected chi connectivity index (χ1v) is 12.9. The van der Waals surface area contributed by atoms with Gasteiger partial charge in [0.05, 0.1) is 24.7 Å². The molecule has 0 amide bonds. The third-order valence-corrected chi connectivity index (χ3v) is 8.27. The zero-order valence-corrected chi connectivity index (χ0v) is 20.4. The molecule has 3 fully saturated rings. The summed E-state index contributed by atoms with van der Waals surface area (Å²) in [7, 11) is 0. The zero-order chi connectivity index (χ0) is 25.3. The third kappa shape index (κ3) is 3.61.